The Bertz CT molecular complexity index is 1170. The number of anilines is 2. The lowest BCUT2D eigenvalue weighted by Gasteiger charge is -2.14. The molecular weight excluding hydrogens is 410 g/mol. The molecule has 7 heteroatoms. The highest BCUT2D eigenvalue weighted by Crippen LogP contribution is 2.22. The van der Waals surface area contributed by atoms with Crippen molar-refractivity contribution in [1.29, 1.82) is 0 Å². The number of hydrogen-bond acceptors (Lipinski definition) is 4. The molecule has 162 valence electrons. The molecule has 0 saturated heterocycles. The van der Waals surface area contributed by atoms with Crippen LogP contribution in [0.4, 0.5) is 11.4 Å². The lowest BCUT2D eigenvalue weighted by molar-refractivity contribution is 0.0951. The molecular formula is C24H27N3O3S. The standard InChI is InChI=1S/C24H27N3O3S/c1-17-5-13-22(14-6-17)31(29,30)26-23-15-20(10-7-18(23)2)24(28)25-16-19-8-11-21(12-9-19)27(3)4/h5-15,26H,16H2,1-4H3,(H,25,28). The van der Waals surface area contributed by atoms with E-state index < -0.39 is 10.0 Å². The molecule has 0 unspecified atom stereocenters. The predicted octanol–water partition coefficient (Wildman–Crippen LogP) is 4.10. The normalized spacial score (nSPS) is 11.1. The van der Waals surface area contributed by atoms with Crippen molar-refractivity contribution >= 4 is 27.3 Å². The van der Waals surface area contributed by atoms with Gasteiger partial charge in [0.05, 0.1) is 10.6 Å². The molecule has 0 saturated carbocycles. The summed E-state index contributed by atoms with van der Waals surface area (Å²) in [7, 11) is 0.195. The number of amides is 1. The number of nitrogens with zero attached hydrogens (tertiary/aromatic N) is 1. The van der Waals surface area contributed by atoms with Crippen LogP contribution in [-0.2, 0) is 16.6 Å². The van der Waals surface area contributed by atoms with Gasteiger partial charge >= 0.3 is 0 Å². The average molecular weight is 438 g/mol. The third-order valence-corrected chi connectivity index (χ3v) is 6.36. The maximum atomic E-state index is 12.7. The van der Waals surface area contributed by atoms with Gasteiger partial charge < -0.3 is 10.2 Å². The number of aryl methyl sites for hydroxylation is 2. The van der Waals surface area contributed by atoms with E-state index in [1.807, 2.05) is 50.2 Å². The molecule has 0 radical (unpaired) electrons. The fourth-order valence-electron chi connectivity index (χ4n) is 2.99. The van der Waals surface area contributed by atoms with Crippen molar-refractivity contribution < 1.29 is 13.2 Å². The van der Waals surface area contributed by atoms with Crippen LogP contribution >= 0.6 is 0 Å². The van der Waals surface area contributed by atoms with Gasteiger partial charge in [0.25, 0.3) is 15.9 Å². The summed E-state index contributed by atoms with van der Waals surface area (Å²) >= 11 is 0. The van der Waals surface area contributed by atoms with Crippen LogP contribution in [0.2, 0.25) is 0 Å². The first-order valence-corrected chi connectivity index (χ1v) is 11.4. The van der Waals surface area contributed by atoms with Crippen molar-refractivity contribution in [3.8, 4) is 0 Å². The van der Waals surface area contributed by atoms with Crippen molar-refractivity contribution in [2.75, 3.05) is 23.7 Å². The van der Waals surface area contributed by atoms with Gasteiger partial charge in [-0.15, -0.1) is 0 Å². The van der Waals surface area contributed by atoms with Crippen LogP contribution in [0.15, 0.2) is 71.6 Å². The fraction of sp³-hybridized carbons (Fsp3) is 0.208. The average Bonchev–Trinajstić information content (AvgIpc) is 2.74. The van der Waals surface area contributed by atoms with E-state index in [0.717, 1.165) is 22.4 Å². The first-order valence-electron chi connectivity index (χ1n) is 9.90. The van der Waals surface area contributed by atoms with Crippen molar-refractivity contribution in [2.24, 2.45) is 0 Å². The number of carbonyl (C=O) groups is 1. The van der Waals surface area contributed by atoms with E-state index in [-0.39, 0.29) is 10.8 Å². The Labute approximate surface area is 184 Å². The molecule has 3 aromatic carbocycles. The molecule has 0 heterocycles. The van der Waals surface area contributed by atoms with Crippen LogP contribution in [0, 0.1) is 13.8 Å². The van der Waals surface area contributed by atoms with Crippen LogP contribution < -0.4 is 14.9 Å². The fourth-order valence-corrected chi connectivity index (χ4v) is 4.11. The van der Waals surface area contributed by atoms with Gasteiger partial charge in [0.1, 0.15) is 0 Å². The van der Waals surface area contributed by atoms with Gasteiger partial charge in [0, 0.05) is 31.9 Å². The van der Waals surface area contributed by atoms with E-state index in [9.17, 15) is 13.2 Å². The third kappa shape index (κ3) is 5.64. The Kier molecular flexibility index (Phi) is 6.65. The molecule has 0 spiro atoms. The highest BCUT2D eigenvalue weighted by atomic mass is 32.2. The molecule has 0 aliphatic carbocycles. The molecule has 0 aliphatic rings. The second-order valence-electron chi connectivity index (χ2n) is 7.69. The summed E-state index contributed by atoms with van der Waals surface area (Å²) in [6, 6.07) is 19.5. The summed E-state index contributed by atoms with van der Waals surface area (Å²) in [6.45, 7) is 4.07. The summed E-state index contributed by atoms with van der Waals surface area (Å²) in [4.78, 5) is 14.8. The molecule has 0 bridgehead atoms. The van der Waals surface area contributed by atoms with E-state index in [4.69, 9.17) is 0 Å². The van der Waals surface area contributed by atoms with Gasteiger partial charge in [-0.05, 0) is 61.4 Å². The van der Waals surface area contributed by atoms with Crippen molar-refractivity contribution in [3.05, 3.63) is 89.0 Å². The minimum Gasteiger partial charge on any atom is -0.378 e. The molecule has 0 fully saturated rings. The monoisotopic (exact) mass is 437 g/mol. The lowest BCUT2D eigenvalue weighted by atomic mass is 10.1. The molecule has 1 amide bonds. The Morgan fingerprint density at radius 2 is 1.55 bits per heavy atom. The molecule has 3 rings (SSSR count). The number of carbonyl (C=O) groups excluding carboxylic acids is 1. The van der Waals surface area contributed by atoms with Crippen molar-refractivity contribution in [3.63, 3.8) is 0 Å². The Morgan fingerprint density at radius 3 is 2.16 bits per heavy atom. The lowest BCUT2D eigenvalue weighted by Crippen LogP contribution is -2.23. The molecule has 2 N–H and O–H groups in total. The number of sulfonamides is 1. The molecule has 31 heavy (non-hydrogen) atoms. The van der Waals surface area contributed by atoms with Crippen LogP contribution in [-0.4, -0.2) is 28.4 Å². The zero-order chi connectivity index (χ0) is 22.6. The first-order chi connectivity index (χ1) is 14.7. The quantitative estimate of drug-likeness (QED) is 0.583. The number of hydrogen-bond donors (Lipinski definition) is 2. The van der Waals surface area contributed by atoms with Gasteiger partial charge in [0.15, 0.2) is 0 Å². The van der Waals surface area contributed by atoms with E-state index in [2.05, 4.69) is 10.0 Å². The second kappa shape index (κ2) is 9.22. The van der Waals surface area contributed by atoms with Gasteiger partial charge in [-0.25, -0.2) is 8.42 Å². The van der Waals surface area contributed by atoms with Gasteiger partial charge in [-0.2, -0.15) is 0 Å². The molecule has 0 aliphatic heterocycles. The topological polar surface area (TPSA) is 78.5 Å². The molecule has 0 atom stereocenters. The van der Waals surface area contributed by atoms with E-state index in [1.54, 1.807) is 49.4 Å². The molecule has 3 aromatic rings. The maximum Gasteiger partial charge on any atom is 0.261 e. The summed E-state index contributed by atoms with van der Waals surface area (Å²) in [5.41, 5.74) is 4.53. The number of nitrogens with one attached hydrogen (secondary N) is 2. The predicted molar refractivity (Wildman–Crippen MR) is 125 cm³/mol. The van der Waals surface area contributed by atoms with E-state index >= 15 is 0 Å². The summed E-state index contributed by atoms with van der Waals surface area (Å²) in [5, 5.41) is 2.88. The third-order valence-electron chi connectivity index (χ3n) is 4.98. The van der Waals surface area contributed by atoms with E-state index in [0.29, 0.717) is 17.8 Å². The van der Waals surface area contributed by atoms with E-state index in [1.165, 1.54) is 0 Å². The summed E-state index contributed by atoms with van der Waals surface area (Å²) in [5.74, 6) is -0.271. The first kappa shape index (κ1) is 22.4. The Hall–Kier alpha value is -3.32. The smallest absolute Gasteiger partial charge is 0.261 e. The zero-order valence-corrected chi connectivity index (χ0v) is 19.0. The highest BCUT2D eigenvalue weighted by molar-refractivity contribution is 7.92. The highest BCUT2D eigenvalue weighted by Gasteiger charge is 2.16. The van der Waals surface area contributed by atoms with Gasteiger partial charge in [0.2, 0.25) is 0 Å². The summed E-state index contributed by atoms with van der Waals surface area (Å²) < 4.78 is 28.0. The van der Waals surface area contributed by atoms with Crippen LogP contribution in [0.3, 0.4) is 0 Å². The van der Waals surface area contributed by atoms with Gasteiger partial charge in [-0.1, -0.05) is 35.9 Å². The minimum atomic E-state index is -3.75. The molecule has 6 nitrogen and oxygen atoms in total. The maximum absolute atomic E-state index is 12.7. The SMILES string of the molecule is Cc1ccc(S(=O)(=O)Nc2cc(C(=O)NCc3ccc(N(C)C)cc3)ccc2C)cc1. The number of rotatable bonds is 7. The molecule has 0 aromatic heterocycles. The minimum absolute atomic E-state index is 0.175. The zero-order valence-electron chi connectivity index (χ0n) is 18.1. The summed E-state index contributed by atoms with van der Waals surface area (Å²) in [6.07, 6.45) is 0. The van der Waals surface area contributed by atoms with Crippen LogP contribution in [0.5, 0.6) is 0 Å². The van der Waals surface area contributed by atoms with Crippen molar-refractivity contribution in [2.45, 2.75) is 25.3 Å². The Morgan fingerprint density at radius 1 is 0.903 bits per heavy atom. The second-order valence-corrected chi connectivity index (χ2v) is 9.37. The number of benzene rings is 3. The largest absolute Gasteiger partial charge is 0.378 e. The van der Waals surface area contributed by atoms with Gasteiger partial charge in [-0.3, -0.25) is 9.52 Å². The van der Waals surface area contributed by atoms with Crippen molar-refractivity contribution in [1.82, 2.24) is 5.32 Å². The van der Waals surface area contributed by atoms with Crippen LogP contribution in [0.1, 0.15) is 27.0 Å². The Balaban J connectivity index is 1.72. The van der Waals surface area contributed by atoms with Crippen LogP contribution in [0.25, 0.3) is 0 Å².